The summed E-state index contributed by atoms with van der Waals surface area (Å²) < 4.78 is 0. The van der Waals surface area contributed by atoms with Crippen molar-refractivity contribution in [2.45, 2.75) is 0 Å². The first-order valence-corrected chi connectivity index (χ1v) is 5.67. The molecule has 18 heavy (non-hydrogen) atoms. The maximum absolute atomic E-state index is 10.5. The summed E-state index contributed by atoms with van der Waals surface area (Å²) in [6.07, 6.45) is 0. The predicted molar refractivity (Wildman–Crippen MR) is 70.2 cm³/mol. The van der Waals surface area contributed by atoms with Crippen LogP contribution < -0.4 is 0 Å². The Morgan fingerprint density at radius 1 is 1.11 bits per heavy atom. The second-order valence-corrected chi connectivity index (χ2v) is 4.43. The van der Waals surface area contributed by atoms with Gasteiger partial charge in [0.05, 0.1) is 9.95 Å². The number of phenolic OH excluding ortho intramolecular Hbond substituents is 1. The Balaban J connectivity index is 2.52. The monoisotopic (exact) mass is 283 g/mol. The maximum atomic E-state index is 10.5. The second kappa shape index (κ2) is 4.84. The van der Waals surface area contributed by atoms with E-state index in [1.54, 1.807) is 6.07 Å². The van der Waals surface area contributed by atoms with Crippen LogP contribution in [0.3, 0.4) is 0 Å². The van der Waals surface area contributed by atoms with E-state index in [1.165, 1.54) is 30.3 Å². The van der Waals surface area contributed by atoms with Gasteiger partial charge in [0.1, 0.15) is 5.75 Å². The van der Waals surface area contributed by atoms with Gasteiger partial charge in [-0.3, -0.25) is 10.1 Å². The molecule has 0 bridgehead atoms. The first-order valence-electron chi connectivity index (χ1n) is 4.92. The third-order valence-corrected chi connectivity index (χ3v) is 2.92. The zero-order valence-electron chi connectivity index (χ0n) is 8.93. The molecule has 2 rings (SSSR count). The summed E-state index contributed by atoms with van der Waals surface area (Å²) in [5.74, 6) is -0.102. The molecular formula is C12H7Cl2NO3. The molecule has 0 radical (unpaired) electrons. The second-order valence-electron chi connectivity index (χ2n) is 3.59. The summed E-state index contributed by atoms with van der Waals surface area (Å²) in [5.41, 5.74) is 1.01. The highest BCUT2D eigenvalue weighted by molar-refractivity contribution is 6.36. The molecular weight excluding hydrogens is 277 g/mol. The molecule has 6 heteroatoms. The van der Waals surface area contributed by atoms with Gasteiger partial charge in [-0.25, -0.2) is 0 Å². The largest absolute Gasteiger partial charge is 0.506 e. The average molecular weight is 284 g/mol. The number of hydrogen-bond donors (Lipinski definition) is 1. The highest BCUT2D eigenvalue weighted by Crippen LogP contribution is 2.38. The van der Waals surface area contributed by atoms with Crippen molar-refractivity contribution in [1.29, 1.82) is 0 Å². The van der Waals surface area contributed by atoms with E-state index in [4.69, 9.17) is 23.2 Å². The topological polar surface area (TPSA) is 63.4 Å². The number of phenols is 1. The SMILES string of the molecule is O=[N+]([O-])c1ccc(-c2cc(Cl)cc(Cl)c2O)cc1. The van der Waals surface area contributed by atoms with E-state index in [0.717, 1.165) is 0 Å². The van der Waals surface area contributed by atoms with Crippen molar-refractivity contribution < 1.29 is 10.0 Å². The van der Waals surface area contributed by atoms with Gasteiger partial charge in [0.15, 0.2) is 0 Å². The van der Waals surface area contributed by atoms with Crippen molar-refractivity contribution in [3.05, 3.63) is 56.6 Å². The van der Waals surface area contributed by atoms with E-state index in [0.29, 0.717) is 16.1 Å². The zero-order chi connectivity index (χ0) is 13.3. The predicted octanol–water partition coefficient (Wildman–Crippen LogP) is 4.27. The van der Waals surface area contributed by atoms with Crippen LogP contribution in [0.1, 0.15) is 0 Å². The van der Waals surface area contributed by atoms with Gasteiger partial charge < -0.3 is 5.11 Å². The molecule has 0 aliphatic heterocycles. The van der Waals surface area contributed by atoms with Crippen LogP contribution in [0.5, 0.6) is 5.75 Å². The van der Waals surface area contributed by atoms with Gasteiger partial charge in [-0.15, -0.1) is 0 Å². The third-order valence-electron chi connectivity index (χ3n) is 2.42. The minimum atomic E-state index is -0.491. The van der Waals surface area contributed by atoms with E-state index < -0.39 is 4.92 Å². The summed E-state index contributed by atoms with van der Waals surface area (Å²) in [6.45, 7) is 0. The Morgan fingerprint density at radius 3 is 2.28 bits per heavy atom. The number of aromatic hydroxyl groups is 1. The minimum absolute atomic E-state index is 0.0219. The molecule has 2 aromatic rings. The molecule has 4 nitrogen and oxygen atoms in total. The van der Waals surface area contributed by atoms with E-state index in [2.05, 4.69) is 0 Å². The molecule has 92 valence electrons. The normalized spacial score (nSPS) is 10.3. The van der Waals surface area contributed by atoms with Gasteiger partial charge in [0, 0.05) is 22.7 Å². The van der Waals surface area contributed by atoms with Crippen molar-refractivity contribution in [3.63, 3.8) is 0 Å². The van der Waals surface area contributed by atoms with E-state index >= 15 is 0 Å². The number of non-ortho nitro benzene ring substituents is 1. The number of nitro benzene ring substituents is 1. The van der Waals surface area contributed by atoms with Crippen molar-refractivity contribution in [3.8, 4) is 16.9 Å². The van der Waals surface area contributed by atoms with Gasteiger partial charge in [-0.1, -0.05) is 23.2 Å². The smallest absolute Gasteiger partial charge is 0.269 e. The van der Waals surface area contributed by atoms with Gasteiger partial charge in [-0.05, 0) is 29.8 Å². The maximum Gasteiger partial charge on any atom is 0.269 e. The first-order chi connectivity index (χ1) is 8.49. The van der Waals surface area contributed by atoms with Crippen LogP contribution >= 0.6 is 23.2 Å². The fourth-order valence-electron chi connectivity index (χ4n) is 1.55. The van der Waals surface area contributed by atoms with Crippen molar-refractivity contribution in [2.24, 2.45) is 0 Å². The van der Waals surface area contributed by atoms with Gasteiger partial charge in [0.25, 0.3) is 5.69 Å². The van der Waals surface area contributed by atoms with E-state index in [9.17, 15) is 15.2 Å². The van der Waals surface area contributed by atoms with Crippen LogP contribution in [0.25, 0.3) is 11.1 Å². The molecule has 0 aliphatic carbocycles. The van der Waals surface area contributed by atoms with Crippen LogP contribution in [-0.2, 0) is 0 Å². The zero-order valence-corrected chi connectivity index (χ0v) is 10.4. The molecule has 0 heterocycles. The third kappa shape index (κ3) is 2.39. The number of benzene rings is 2. The lowest BCUT2D eigenvalue weighted by atomic mass is 10.0. The van der Waals surface area contributed by atoms with E-state index in [-0.39, 0.29) is 16.5 Å². The lowest BCUT2D eigenvalue weighted by Gasteiger charge is -2.07. The highest BCUT2D eigenvalue weighted by Gasteiger charge is 2.11. The minimum Gasteiger partial charge on any atom is -0.506 e. The Bertz CT molecular complexity index is 611. The number of nitrogens with zero attached hydrogens (tertiary/aromatic N) is 1. The number of hydrogen-bond acceptors (Lipinski definition) is 3. The van der Waals surface area contributed by atoms with Crippen molar-refractivity contribution in [1.82, 2.24) is 0 Å². The number of nitro groups is 1. The standard InChI is InChI=1S/C12H7Cl2NO3/c13-8-5-10(12(16)11(14)6-8)7-1-3-9(4-2-7)15(17)18/h1-6,16H. The van der Waals surface area contributed by atoms with Gasteiger partial charge in [-0.2, -0.15) is 0 Å². The summed E-state index contributed by atoms with van der Waals surface area (Å²) >= 11 is 11.7. The molecule has 0 spiro atoms. The quantitative estimate of drug-likeness (QED) is 0.661. The lowest BCUT2D eigenvalue weighted by molar-refractivity contribution is -0.384. The highest BCUT2D eigenvalue weighted by atomic mass is 35.5. The Hall–Kier alpha value is -1.78. The molecule has 0 saturated heterocycles. The van der Waals surface area contributed by atoms with Crippen molar-refractivity contribution in [2.75, 3.05) is 0 Å². The van der Waals surface area contributed by atoms with Crippen LogP contribution in [0.15, 0.2) is 36.4 Å². The fraction of sp³-hybridized carbons (Fsp3) is 0. The Kier molecular flexibility index (Phi) is 3.41. The first kappa shape index (κ1) is 12.7. The van der Waals surface area contributed by atoms with Crippen LogP contribution in [-0.4, -0.2) is 10.0 Å². The Morgan fingerprint density at radius 2 is 1.72 bits per heavy atom. The molecule has 0 amide bonds. The molecule has 2 aromatic carbocycles. The molecule has 0 fully saturated rings. The molecule has 0 saturated carbocycles. The Labute approximate surface area is 113 Å². The molecule has 0 aliphatic rings. The van der Waals surface area contributed by atoms with Crippen LogP contribution in [0.2, 0.25) is 10.0 Å². The molecule has 1 N–H and O–H groups in total. The molecule has 0 atom stereocenters. The summed E-state index contributed by atoms with van der Waals surface area (Å²) in [6, 6.07) is 8.73. The number of halogens is 2. The lowest BCUT2D eigenvalue weighted by Crippen LogP contribution is -1.87. The van der Waals surface area contributed by atoms with Crippen LogP contribution in [0.4, 0.5) is 5.69 Å². The molecule has 0 aromatic heterocycles. The summed E-state index contributed by atoms with van der Waals surface area (Å²) in [5, 5.41) is 20.9. The summed E-state index contributed by atoms with van der Waals surface area (Å²) in [7, 11) is 0. The van der Waals surface area contributed by atoms with Gasteiger partial charge >= 0.3 is 0 Å². The average Bonchev–Trinajstić information content (AvgIpc) is 2.34. The number of rotatable bonds is 2. The van der Waals surface area contributed by atoms with Crippen molar-refractivity contribution >= 4 is 28.9 Å². The van der Waals surface area contributed by atoms with E-state index in [1.807, 2.05) is 0 Å². The fourth-order valence-corrected chi connectivity index (χ4v) is 2.04. The van der Waals surface area contributed by atoms with Gasteiger partial charge in [0.2, 0.25) is 0 Å². The summed E-state index contributed by atoms with van der Waals surface area (Å²) in [4.78, 5) is 10.0. The molecule has 0 unspecified atom stereocenters. The van der Waals surface area contributed by atoms with Crippen LogP contribution in [0, 0.1) is 10.1 Å².